The van der Waals surface area contributed by atoms with E-state index in [0.29, 0.717) is 30.3 Å². The molecule has 0 aliphatic carbocycles. The van der Waals surface area contributed by atoms with Gasteiger partial charge in [0.1, 0.15) is 17.2 Å². The minimum absolute atomic E-state index is 0. The Morgan fingerprint density at radius 3 is 1.53 bits per heavy atom. The van der Waals surface area contributed by atoms with E-state index in [-0.39, 0.29) is 26.9 Å². The average molecular weight is 1040 g/mol. The zero-order valence-electron chi connectivity index (χ0n) is 37.1. The van der Waals surface area contributed by atoms with Gasteiger partial charge >= 0.3 is 7.12 Å². The summed E-state index contributed by atoms with van der Waals surface area (Å²) in [5.41, 5.74) is 21.2. The molecule has 0 bridgehead atoms. The summed E-state index contributed by atoms with van der Waals surface area (Å²) in [7, 11) is -1.43. The summed E-state index contributed by atoms with van der Waals surface area (Å²) in [4.78, 5) is 29.9. The molecule has 2 atom stereocenters. The number of nitrogens with zero attached hydrogens (tertiary/aromatic N) is 8. The Morgan fingerprint density at radius 2 is 1.07 bits per heavy atom. The number of rotatable bonds is 14. The summed E-state index contributed by atoms with van der Waals surface area (Å²) in [5, 5.41) is 36.8. The molecule has 10 rings (SSSR count). The molecule has 2 aromatic carbocycles. The second kappa shape index (κ2) is 25.2. The number of aromatic nitrogens is 10. The molecule has 0 fully saturated rings. The molecule has 16 nitrogen and oxygen atoms in total. The van der Waals surface area contributed by atoms with Gasteiger partial charge in [-0.1, -0.05) is 75.5 Å². The Balaban J connectivity index is 0.000000194. The maximum atomic E-state index is 8.40. The summed E-state index contributed by atoms with van der Waals surface area (Å²) in [6.07, 6.45) is 11.8. The molecule has 8 heterocycles. The molecule has 10 N–H and O–H groups in total. The lowest BCUT2D eigenvalue weighted by Crippen LogP contribution is -2.31. The van der Waals surface area contributed by atoms with Gasteiger partial charge in [-0.3, -0.25) is 20.2 Å². The van der Waals surface area contributed by atoms with Crippen LogP contribution in [0.3, 0.4) is 0 Å². The van der Waals surface area contributed by atoms with E-state index in [1.165, 1.54) is 28.3 Å². The maximum absolute atomic E-state index is 8.40. The minimum atomic E-state index is -1.43. The molecule has 0 unspecified atom stereocenters. The van der Waals surface area contributed by atoms with Gasteiger partial charge in [0.2, 0.25) is 0 Å². The first-order valence-corrected chi connectivity index (χ1v) is 24.0. The molecule has 0 amide bonds. The van der Waals surface area contributed by atoms with Crippen molar-refractivity contribution < 1.29 is 10.0 Å². The molecular formula is C50H56BBrN14O2S2. The van der Waals surface area contributed by atoms with Crippen LogP contribution in [-0.2, 0) is 12.8 Å². The van der Waals surface area contributed by atoms with Crippen LogP contribution in [0.25, 0.3) is 54.5 Å². The molecule has 10 aromatic rings. The van der Waals surface area contributed by atoms with Gasteiger partial charge in [0.15, 0.2) is 11.6 Å². The van der Waals surface area contributed by atoms with E-state index in [9.17, 15) is 0 Å². The topological polar surface area (TPSA) is 251 Å². The van der Waals surface area contributed by atoms with Crippen molar-refractivity contribution in [3.8, 4) is 34.0 Å². The lowest BCUT2D eigenvalue weighted by atomic mass is 9.87. The first-order chi connectivity index (χ1) is 33.1. The number of nitrogens with one attached hydrogen (secondary N) is 4. The molecule has 0 spiro atoms. The monoisotopic (exact) mass is 1040 g/mol. The normalized spacial score (nSPS) is 11.5. The van der Waals surface area contributed by atoms with E-state index in [2.05, 4.69) is 95.0 Å². The number of thiophene rings is 2. The van der Waals surface area contributed by atoms with Gasteiger partial charge in [-0.15, -0.1) is 22.7 Å². The Kier molecular flexibility index (Phi) is 18.9. The molecule has 70 heavy (non-hydrogen) atoms. The number of aryl methyl sites for hydroxylation is 2. The number of hydrogen-bond acceptors (Lipinski definition) is 16. The van der Waals surface area contributed by atoms with E-state index in [1.54, 1.807) is 53.7 Å². The fourth-order valence-corrected chi connectivity index (χ4v) is 9.89. The zero-order chi connectivity index (χ0) is 47.4. The Labute approximate surface area is 423 Å². The highest BCUT2D eigenvalue weighted by atomic mass is 79.9. The number of pyridine rings is 2. The van der Waals surface area contributed by atoms with Crippen molar-refractivity contribution in [2.45, 2.75) is 53.6 Å². The predicted molar refractivity (Wildman–Crippen MR) is 291 cm³/mol. The van der Waals surface area contributed by atoms with E-state index in [1.807, 2.05) is 66.7 Å². The molecule has 0 saturated carbocycles. The molecule has 0 radical (unpaired) electrons. The van der Waals surface area contributed by atoms with Crippen molar-refractivity contribution in [2.24, 2.45) is 11.5 Å². The quantitative estimate of drug-likeness (QED) is 0.0475. The van der Waals surface area contributed by atoms with Crippen molar-refractivity contribution in [3.63, 3.8) is 0 Å². The number of anilines is 2. The van der Waals surface area contributed by atoms with Crippen molar-refractivity contribution in [1.29, 1.82) is 0 Å². The summed E-state index contributed by atoms with van der Waals surface area (Å²) >= 11 is 7.02. The SMILES string of the molecule is C.C.Cc1sc2c(NC[C@@H](N)Cc3ccccc3)nc(-c3ccncc3)nc2c1-c1ccn[nH]1.Cc1sc2c(NC[C@@H](N)Cc3ccccc3)nc(-c3ccncc3)nc2c1Br.OB(O)c1ccn[nH]1. The van der Waals surface area contributed by atoms with Crippen LogP contribution in [0.5, 0.6) is 0 Å². The van der Waals surface area contributed by atoms with Gasteiger partial charge in [-0.2, -0.15) is 10.2 Å². The molecule has 0 saturated heterocycles. The number of halogens is 1. The first-order valence-electron chi connectivity index (χ1n) is 21.6. The van der Waals surface area contributed by atoms with Crippen LogP contribution in [0, 0.1) is 13.8 Å². The number of benzene rings is 2. The largest absolute Gasteiger partial charge is 0.507 e. The number of aromatic amines is 2. The number of nitrogens with two attached hydrogens (primary N) is 2. The van der Waals surface area contributed by atoms with Crippen molar-refractivity contribution in [3.05, 3.63) is 160 Å². The molecular weight excluding hydrogens is 983 g/mol. The van der Waals surface area contributed by atoms with Crippen LogP contribution >= 0.6 is 38.6 Å². The molecule has 20 heteroatoms. The molecule has 8 aromatic heterocycles. The number of hydrogen-bond donors (Lipinski definition) is 8. The number of fused-ring (bicyclic) bond motifs is 2. The van der Waals surface area contributed by atoms with E-state index in [0.717, 1.165) is 76.6 Å². The van der Waals surface area contributed by atoms with Crippen molar-refractivity contribution in [2.75, 3.05) is 23.7 Å². The van der Waals surface area contributed by atoms with Crippen molar-refractivity contribution >= 4 is 83.4 Å². The fourth-order valence-electron chi connectivity index (χ4n) is 7.20. The van der Waals surface area contributed by atoms with Crippen LogP contribution < -0.4 is 27.7 Å². The standard InChI is InChI=1S/C24H23N7S.C21H20BrN5S.C3H5BN2O2.2CH4/c1-15-20(19-9-12-28-31-19)21-22(32-15)24(30-23(29-21)17-7-10-26-11-8-17)27-14-18(25)13-16-5-3-2-4-6-16;1-13-17(22)18-19(28-13)21(27-20(26-18)15-7-9-24-10-8-15)25-12-16(23)11-14-5-3-2-4-6-14;7-4(8)3-1-2-5-6-3;;/h2-12,18H,13-14,25H2,1H3,(H,28,31)(H,27,29,30);2-10,16H,11-12,23H2,1H3,(H,25,26,27);1-2,7-8H,(H,5,6);2*1H4/t18-;16-;;;/m00.../s1. The van der Waals surface area contributed by atoms with Crippen LogP contribution in [0.2, 0.25) is 0 Å². The van der Waals surface area contributed by atoms with Crippen LogP contribution in [-0.4, -0.2) is 92.6 Å². The van der Waals surface area contributed by atoms with Gasteiger partial charge < -0.3 is 32.1 Å². The van der Waals surface area contributed by atoms with Gasteiger partial charge in [0, 0.05) is 88.8 Å². The highest BCUT2D eigenvalue weighted by molar-refractivity contribution is 9.10. The maximum Gasteiger partial charge on any atom is 0.507 e. The highest BCUT2D eigenvalue weighted by Gasteiger charge is 2.21. The Bertz CT molecular complexity index is 3130. The second-order valence-corrected chi connectivity index (χ2v) is 18.9. The van der Waals surface area contributed by atoms with E-state index >= 15 is 0 Å². The molecule has 0 aliphatic rings. The third-order valence-corrected chi connectivity index (χ3v) is 14.0. The zero-order valence-corrected chi connectivity index (χ0v) is 40.3. The summed E-state index contributed by atoms with van der Waals surface area (Å²) in [6, 6.07) is 31.7. The third-order valence-electron chi connectivity index (χ3n) is 10.5. The predicted octanol–water partition coefficient (Wildman–Crippen LogP) is 8.60. The van der Waals surface area contributed by atoms with Gasteiger partial charge in [-0.25, -0.2) is 19.9 Å². The summed E-state index contributed by atoms with van der Waals surface area (Å²) < 4.78 is 3.06. The third kappa shape index (κ3) is 13.3. The van der Waals surface area contributed by atoms with Crippen LogP contribution in [0.4, 0.5) is 11.6 Å². The summed E-state index contributed by atoms with van der Waals surface area (Å²) in [6.45, 7) is 5.41. The lowest BCUT2D eigenvalue weighted by molar-refractivity contribution is 0.424. The molecule has 360 valence electrons. The average Bonchev–Trinajstić information content (AvgIpc) is 4.20. The minimum Gasteiger partial charge on any atom is -0.422 e. The van der Waals surface area contributed by atoms with Gasteiger partial charge in [-0.05, 0) is 90.1 Å². The molecule has 0 aliphatic heterocycles. The van der Waals surface area contributed by atoms with Crippen LogP contribution in [0.1, 0.15) is 35.7 Å². The smallest absolute Gasteiger partial charge is 0.422 e. The van der Waals surface area contributed by atoms with E-state index < -0.39 is 7.12 Å². The second-order valence-electron chi connectivity index (χ2n) is 15.6. The van der Waals surface area contributed by atoms with Crippen molar-refractivity contribution in [1.82, 2.24) is 50.3 Å². The Morgan fingerprint density at radius 1 is 0.600 bits per heavy atom. The van der Waals surface area contributed by atoms with Crippen LogP contribution in [0.15, 0.2) is 139 Å². The van der Waals surface area contributed by atoms with E-state index in [4.69, 9.17) is 41.5 Å². The fraction of sp³-hybridized carbons (Fsp3) is 0.200. The van der Waals surface area contributed by atoms with Gasteiger partial charge in [0.05, 0.1) is 30.7 Å². The lowest BCUT2D eigenvalue weighted by Gasteiger charge is -2.14. The number of H-pyrrole nitrogens is 2. The Hall–Kier alpha value is -6.78. The highest BCUT2D eigenvalue weighted by Crippen LogP contribution is 2.41. The summed E-state index contributed by atoms with van der Waals surface area (Å²) in [5.74, 6) is 2.94. The first kappa shape index (κ1) is 52.6. The van der Waals surface area contributed by atoms with Gasteiger partial charge in [0.25, 0.3) is 0 Å².